The Morgan fingerprint density at radius 1 is 0.229 bits per heavy atom. The van der Waals surface area contributed by atoms with Gasteiger partial charge in [0, 0.05) is 6.61 Å². The van der Waals surface area contributed by atoms with Gasteiger partial charge in [-0.25, -0.2) is 54.4 Å². The average Bonchev–Trinajstić information content (AvgIpc) is 0.756. The monoisotopic (exact) mass is 1820 g/mol. The molecule has 13 N–H and O–H groups in total. The zero-order valence-electron chi connectivity index (χ0n) is 50.6. The van der Waals surface area contributed by atoms with Crippen LogP contribution in [0.15, 0.2) is 0 Å². The molecule has 4 rings (SSSR count). The molecule has 0 amide bonds. The van der Waals surface area contributed by atoms with E-state index in [0.717, 1.165) is 0 Å². The molecule has 4 saturated heterocycles. The first kappa shape index (κ1) is 95.4. The summed E-state index contributed by atoms with van der Waals surface area (Å²) in [6.07, 6.45) is -68.4. The van der Waals surface area contributed by atoms with Crippen molar-refractivity contribution in [3.8, 4) is 0 Å². The van der Waals surface area contributed by atoms with Gasteiger partial charge in [-0.05, 0) is 6.42 Å². The van der Waals surface area contributed by atoms with E-state index in [1.165, 1.54) is 0 Å². The molecule has 20 atom stereocenters. The number of hydrogen-bond acceptors (Lipinski definition) is 47. The fourth-order valence-electron chi connectivity index (χ4n) is 9.38. The van der Waals surface area contributed by atoms with Crippen LogP contribution >= 0.6 is 0 Å². The second-order valence-electron chi connectivity index (χ2n) is 20.4. The molecular weight excluding hydrogens is 1760 g/mol. The van der Waals surface area contributed by atoms with Gasteiger partial charge in [0.2, 0.25) is 0 Å². The Morgan fingerprint density at radius 3 is 0.733 bits per heavy atom. The third-order valence-corrected chi connectivity index (χ3v) is 18.6. The van der Waals surface area contributed by atoms with Gasteiger partial charge < -0.3 is 37.9 Å². The van der Waals surface area contributed by atoms with Crippen LogP contribution in [0.1, 0.15) is 45.4 Å². The van der Waals surface area contributed by atoms with Crippen LogP contribution in [0.5, 0.6) is 0 Å². The van der Waals surface area contributed by atoms with Crippen molar-refractivity contribution in [2.45, 2.75) is 168 Å². The Labute approximate surface area is 593 Å². The SMILES string of the molecule is CCCCCCCCOC1O[C@H](COS(=O)(=O)O)[C@@H](OS(=O)(=O)O)[C@H](OS(=O)(=O)O)[C@@H]1OC1O[C@H](COS(=O)(=O)O)[C@@H](O[C@H]2O[C@H](COS(=O)(=O)O)[C@@H](OS(=O)(=O)O)[C@H](O[C@H]3O[C@H](COS(=O)(=O)O)[C@@H](OS(=O)(=O)O)[C@H](OS(=O)(=O)O)[C@@H]3OS(=O)(=O)O)[C@H]2OS(=O)(=O)O)[C@H](OS(=O)(=O)O)[C@H]1OS(=O)(=O)O. The molecule has 4 aliphatic rings. The highest BCUT2D eigenvalue weighted by atomic mass is 32.3. The minimum absolute atomic E-state index is 0.152. The summed E-state index contributed by atoms with van der Waals surface area (Å²) in [5.41, 5.74) is 0. The predicted octanol–water partition coefficient (Wildman–Crippen LogP) is -8.61. The maximum atomic E-state index is 13.0. The third kappa shape index (κ3) is 36.1. The van der Waals surface area contributed by atoms with E-state index in [9.17, 15) is 169 Å². The third-order valence-electron chi connectivity index (χ3n) is 12.6. The van der Waals surface area contributed by atoms with Crippen molar-refractivity contribution < 1.29 is 261 Å². The van der Waals surface area contributed by atoms with Crippen LogP contribution in [0.25, 0.3) is 0 Å². The molecule has 0 aromatic rings. The molecule has 0 bridgehead atoms. The van der Waals surface area contributed by atoms with Gasteiger partial charge in [0.15, 0.2) is 43.5 Å². The van der Waals surface area contributed by atoms with Crippen molar-refractivity contribution in [2.24, 2.45) is 0 Å². The average molecular weight is 1820 g/mol. The first-order valence-corrected chi connectivity index (χ1v) is 44.4. The minimum Gasteiger partial charge on any atom is -0.350 e. The van der Waals surface area contributed by atoms with Gasteiger partial charge >= 0.3 is 135 Å². The Morgan fingerprint density at radius 2 is 0.438 bits per heavy atom. The second-order valence-corrected chi connectivity index (χ2v) is 34.2. The molecule has 0 aliphatic carbocycles. The number of rotatable bonds is 44. The zero-order valence-corrected chi connectivity index (χ0v) is 61.2. The standard InChI is InChI=1S/C32H58O60S13/c1-2-3-4-5-6-7-8-72-29-25(23(88-101(57,58)59)19(85-98(48,49)50)15(77-29)11-75-95(39,40)41)83-32-27(91-104(66,67)68)22(87-100(54,55)56)17(13(78-32)9-73-93(33,34)35)81-30-26(90-103(63,64)65)21(18(84-97(45,46)47)14(79-30)10-74-94(36,37)38)82-31-28(92-105(69,70)71)24(89-102(60,61)62)20(86-99(51,52)53)16(80-31)12-76-96(42,43)44/h13-32H,2-12H2,1H3,(H,33,34,35)(H,36,37,38)(H,39,40,41)(H,42,43,44)(H,45,46,47)(H,48,49,50)(H,51,52,53)(H,54,55,56)(H,57,58,59)(H,60,61,62)(H,63,64,65)(H,66,67,68)(H,69,70,71)/t13-,14-,15-,16-,17-,18-,19-,20-,21+,22+,23+,24+,25+,26-,27-,28+,29?,30-,31-,32?/m1/s1. The minimum atomic E-state index is -6.80. The number of ether oxygens (including phenoxy) is 8. The van der Waals surface area contributed by atoms with Crippen molar-refractivity contribution >= 4 is 135 Å². The summed E-state index contributed by atoms with van der Waals surface area (Å²) in [5.74, 6) is 0. The second kappa shape index (κ2) is 36.9. The molecule has 4 aliphatic heterocycles. The number of unbranched alkanes of at least 4 members (excludes halogenated alkanes) is 5. The summed E-state index contributed by atoms with van der Waals surface area (Å²) < 4.78 is 550. The van der Waals surface area contributed by atoms with Crippen LogP contribution in [-0.4, -0.2) is 324 Å². The molecule has 105 heavy (non-hydrogen) atoms. The molecule has 2 unspecified atom stereocenters. The summed E-state index contributed by atoms with van der Waals surface area (Å²) in [6.45, 7) is -7.75. The van der Waals surface area contributed by atoms with Crippen LogP contribution in [0.4, 0.5) is 0 Å². The highest BCUT2D eigenvalue weighted by molar-refractivity contribution is 7.83. The Hall–Kier alpha value is -2.01. The molecule has 60 nitrogen and oxygen atoms in total. The Kier molecular flexibility index (Phi) is 33.5. The fourth-order valence-corrected chi connectivity index (χ4v) is 15.1. The van der Waals surface area contributed by atoms with Gasteiger partial charge in [-0.3, -0.25) is 59.2 Å². The summed E-state index contributed by atoms with van der Waals surface area (Å²) in [6, 6.07) is 0. The lowest BCUT2D eigenvalue weighted by molar-refractivity contribution is -0.383. The normalized spacial score (nSPS) is 31.5. The van der Waals surface area contributed by atoms with E-state index in [0.29, 0.717) is 25.7 Å². The van der Waals surface area contributed by atoms with Crippen molar-refractivity contribution in [1.29, 1.82) is 0 Å². The lowest BCUT2D eigenvalue weighted by Crippen LogP contribution is -2.69. The van der Waals surface area contributed by atoms with E-state index >= 15 is 0 Å². The van der Waals surface area contributed by atoms with Gasteiger partial charge in [-0.15, -0.1) is 0 Å². The highest BCUT2D eigenvalue weighted by Gasteiger charge is 2.63. The van der Waals surface area contributed by atoms with Crippen LogP contribution < -0.4 is 0 Å². The summed E-state index contributed by atoms with van der Waals surface area (Å²) in [7, 11) is -83.2. The largest absolute Gasteiger partial charge is 0.397 e. The molecule has 624 valence electrons. The summed E-state index contributed by atoms with van der Waals surface area (Å²) in [5, 5.41) is 0. The first-order valence-electron chi connectivity index (χ1n) is 26.6. The van der Waals surface area contributed by atoms with Gasteiger partial charge in [0.25, 0.3) is 0 Å². The van der Waals surface area contributed by atoms with Crippen LogP contribution in [0.3, 0.4) is 0 Å². The molecule has 0 radical (unpaired) electrons. The molecule has 0 saturated carbocycles. The lowest BCUT2D eigenvalue weighted by atomic mass is 9.95. The first-order chi connectivity index (χ1) is 47.1. The maximum Gasteiger partial charge on any atom is 0.397 e. The van der Waals surface area contributed by atoms with Crippen LogP contribution in [0, 0.1) is 0 Å². The van der Waals surface area contributed by atoms with Gasteiger partial charge in [0.1, 0.15) is 79.4 Å². The summed E-state index contributed by atoms with van der Waals surface area (Å²) in [4.78, 5) is 0. The molecule has 0 spiro atoms. The lowest BCUT2D eigenvalue weighted by Gasteiger charge is -2.50. The molecule has 0 aromatic heterocycles. The van der Waals surface area contributed by atoms with E-state index in [1.807, 2.05) is 0 Å². The smallest absolute Gasteiger partial charge is 0.350 e. The quantitative estimate of drug-likeness (QED) is 0.0199. The molecule has 4 fully saturated rings. The van der Waals surface area contributed by atoms with E-state index in [2.05, 4.69) is 54.4 Å². The van der Waals surface area contributed by atoms with E-state index in [4.69, 9.17) is 37.9 Å². The van der Waals surface area contributed by atoms with Gasteiger partial charge in [-0.1, -0.05) is 39.0 Å². The van der Waals surface area contributed by atoms with Crippen LogP contribution in [-0.2, 0) is 227 Å². The van der Waals surface area contributed by atoms with Gasteiger partial charge in [-0.2, -0.15) is 109 Å². The Balaban J connectivity index is 2.22. The Bertz CT molecular complexity index is 4490. The molecule has 73 heteroatoms. The molecular formula is C32H58O60S13. The molecule has 0 aromatic carbocycles. The van der Waals surface area contributed by atoms with Crippen LogP contribution in [0.2, 0.25) is 0 Å². The zero-order chi connectivity index (χ0) is 80.7. The van der Waals surface area contributed by atoms with Crippen molar-refractivity contribution in [3.05, 3.63) is 0 Å². The van der Waals surface area contributed by atoms with E-state index in [-0.39, 0.29) is 12.8 Å². The van der Waals surface area contributed by atoms with Crippen molar-refractivity contribution in [2.75, 3.05) is 33.0 Å². The topological polar surface area (TPSA) is 901 Å². The van der Waals surface area contributed by atoms with E-state index in [1.54, 1.807) is 6.92 Å². The maximum absolute atomic E-state index is 13.0. The summed E-state index contributed by atoms with van der Waals surface area (Å²) >= 11 is 0. The van der Waals surface area contributed by atoms with Gasteiger partial charge in [0.05, 0.1) is 26.4 Å². The highest BCUT2D eigenvalue weighted by Crippen LogP contribution is 2.42. The number of hydrogen-bond donors (Lipinski definition) is 13. The van der Waals surface area contributed by atoms with Crippen molar-refractivity contribution in [1.82, 2.24) is 0 Å². The van der Waals surface area contributed by atoms with E-state index < -0.39 is 291 Å². The molecule has 4 heterocycles. The predicted molar refractivity (Wildman–Crippen MR) is 306 cm³/mol. The fraction of sp³-hybridized carbons (Fsp3) is 1.00. The van der Waals surface area contributed by atoms with Crippen molar-refractivity contribution in [3.63, 3.8) is 0 Å².